The normalized spacial score (nSPS) is 11.1. The maximum atomic E-state index is 10.6. The fraction of sp³-hybridized carbons (Fsp3) is 0.280. The van der Waals surface area contributed by atoms with Crippen LogP contribution in [0.5, 0.6) is 5.75 Å². The third kappa shape index (κ3) is 6.40. The monoisotopic (exact) mass is 452 g/mol. The van der Waals surface area contributed by atoms with Gasteiger partial charge in [0.2, 0.25) is 0 Å². The number of thioether (sulfide) groups is 1. The molecule has 32 heavy (non-hydrogen) atoms. The summed E-state index contributed by atoms with van der Waals surface area (Å²) in [6, 6.07) is 18.5. The van der Waals surface area contributed by atoms with Crippen LogP contribution in [0.25, 0.3) is 11.3 Å². The standard InChI is InChI=1S/C25H28N2O4S/c1-18-16-20(5-11-24(18)30-17-25(28)29)12-13-26-31-15-14-27-19(2)4-10-23(27)21-6-8-22(32-3)9-7-21/h4-11,13,16H,12,14-15,17H2,1-3H3,(H,28,29). The van der Waals surface area contributed by atoms with E-state index in [2.05, 4.69) is 59.3 Å². The first-order valence-electron chi connectivity index (χ1n) is 10.4. The van der Waals surface area contributed by atoms with Gasteiger partial charge in [0.1, 0.15) is 12.4 Å². The number of carboxylic acid groups (broad SMARTS) is 1. The van der Waals surface area contributed by atoms with Gasteiger partial charge in [-0.25, -0.2) is 4.79 Å². The van der Waals surface area contributed by atoms with Crippen molar-refractivity contribution >= 4 is 23.9 Å². The highest BCUT2D eigenvalue weighted by molar-refractivity contribution is 7.98. The second-order valence-corrected chi connectivity index (χ2v) is 8.23. The van der Waals surface area contributed by atoms with Crippen LogP contribution in [0.4, 0.5) is 0 Å². The molecule has 2 aromatic carbocycles. The quantitative estimate of drug-likeness (QED) is 0.187. The average molecular weight is 453 g/mol. The topological polar surface area (TPSA) is 73.0 Å². The van der Waals surface area contributed by atoms with Gasteiger partial charge in [0, 0.05) is 28.9 Å². The van der Waals surface area contributed by atoms with E-state index in [0.717, 1.165) is 11.1 Å². The molecule has 1 N–H and O–H groups in total. The van der Waals surface area contributed by atoms with Crippen LogP contribution in [0.1, 0.15) is 16.8 Å². The molecule has 1 heterocycles. The van der Waals surface area contributed by atoms with Gasteiger partial charge in [-0.05, 0) is 67.1 Å². The molecule has 3 rings (SSSR count). The molecule has 0 unspecified atom stereocenters. The minimum atomic E-state index is -0.992. The number of oxime groups is 1. The molecular weight excluding hydrogens is 424 g/mol. The van der Waals surface area contributed by atoms with Crippen LogP contribution in [-0.4, -0.2) is 41.3 Å². The Hall–Kier alpha value is -3.19. The smallest absolute Gasteiger partial charge is 0.341 e. The Morgan fingerprint density at radius 3 is 2.59 bits per heavy atom. The summed E-state index contributed by atoms with van der Waals surface area (Å²) in [5.41, 5.74) is 5.48. The van der Waals surface area contributed by atoms with Crippen LogP contribution in [-0.2, 0) is 22.6 Å². The Morgan fingerprint density at radius 2 is 1.91 bits per heavy atom. The van der Waals surface area contributed by atoms with Crippen LogP contribution in [0, 0.1) is 13.8 Å². The van der Waals surface area contributed by atoms with Gasteiger partial charge in [-0.3, -0.25) is 0 Å². The van der Waals surface area contributed by atoms with Gasteiger partial charge in [0.15, 0.2) is 6.61 Å². The van der Waals surface area contributed by atoms with E-state index in [4.69, 9.17) is 14.7 Å². The van der Waals surface area contributed by atoms with Crippen molar-refractivity contribution in [3.05, 3.63) is 71.4 Å². The van der Waals surface area contributed by atoms with E-state index in [1.54, 1.807) is 24.0 Å². The summed E-state index contributed by atoms with van der Waals surface area (Å²) in [6.45, 7) is 4.82. The van der Waals surface area contributed by atoms with Gasteiger partial charge in [-0.2, -0.15) is 0 Å². The number of aryl methyl sites for hydroxylation is 2. The van der Waals surface area contributed by atoms with Crippen LogP contribution < -0.4 is 4.74 Å². The number of carboxylic acids is 1. The van der Waals surface area contributed by atoms with Gasteiger partial charge >= 0.3 is 5.97 Å². The number of carbonyl (C=O) groups is 1. The number of aliphatic carboxylic acids is 1. The molecule has 0 bridgehead atoms. The van der Waals surface area contributed by atoms with Gasteiger partial charge in [0.05, 0.1) is 6.54 Å². The number of nitrogens with zero attached hydrogens (tertiary/aromatic N) is 2. The molecule has 7 heteroatoms. The highest BCUT2D eigenvalue weighted by Gasteiger charge is 2.08. The fourth-order valence-corrected chi connectivity index (χ4v) is 3.81. The molecule has 0 saturated carbocycles. The molecule has 0 spiro atoms. The first-order valence-corrected chi connectivity index (χ1v) is 11.6. The van der Waals surface area contributed by atoms with Crippen molar-refractivity contribution in [2.45, 2.75) is 31.7 Å². The molecule has 0 aliphatic carbocycles. The summed E-state index contributed by atoms with van der Waals surface area (Å²) < 4.78 is 7.49. The molecule has 1 aromatic heterocycles. The van der Waals surface area contributed by atoms with E-state index < -0.39 is 5.97 Å². The average Bonchev–Trinajstić information content (AvgIpc) is 3.15. The van der Waals surface area contributed by atoms with Crippen molar-refractivity contribution in [2.24, 2.45) is 5.16 Å². The molecule has 3 aromatic rings. The van der Waals surface area contributed by atoms with Crippen LogP contribution in [0.15, 0.2) is 64.6 Å². The fourth-order valence-electron chi connectivity index (χ4n) is 3.40. The molecule has 0 saturated heterocycles. The first kappa shape index (κ1) is 23.5. The van der Waals surface area contributed by atoms with Gasteiger partial charge < -0.3 is 19.2 Å². The number of ether oxygens (including phenoxy) is 1. The van der Waals surface area contributed by atoms with E-state index in [0.29, 0.717) is 25.3 Å². The van der Waals surface area contributed by atoms with Crippen molar-refractivity contribution in [3.8, 4) is 17.0 Å². The predicted molar refractivity (Wildman–Crippen MR) is 129 cm³/mol. The molecule has 168 valence electrons. The second-order valence-electron chi connectivity index (χ2n) is 7.35. The maximum absolute atomic E-state index is 10.6. The molecule has 0 radical (unpaired) electrons. The van der Waals surface area contributed by atoms with Crippen molar-refractivity contribution in [1.82, 2.24) is 4.57 Å². The van der Waals surface area contributed by atoms with Crippen LogP contribution in [0.3, 0.4) is 0 Å². The Balaban J connectivity index is 1.50. The second kappa shape index (κ2) is 11.4. The van der Waals surface area contributed by atoms with Crippen molar-refractivity contribution in [1.29, 1.82) is 0 Å². The van der Waals surface area contributed by atoms with Crippen LogP contribution >= 0.6 is 11.8 Å². The molecule has 0 aliphatic rings. The Labute approximate surface area is 192 Å². The lowest BCUT2D eigenvalue weighted by atomic mass is 10.1. The lowest BCUT2D eigenvalue weighted by molar-refractivity contribution is -0.139. The number of benzene rings is 2. The van der Waals surface area contributed by atoms with Crippen molar-refractivity contribution < 1.29 is 19.5 Å². The summed E-state index contributed by atoms with van der Waals surface area (Å²) in [7, 11) is 0. The SMILES string of the molecule is CSc1ccc(-c2ccc(C)n2CCON=CCc2ccc(OCC(=O)O)c(C)c2)cc1. The Kier molecular flexibility index (Phi) is 8.39. The zero-order valence-corrected chi connectivity index (χ0v) is 19.4. The summed E-state index contributed by atoms with van der Waals surface area (Å²) in [5, 5.41) is 12.8. The predicted octanol–water partition coefficient (Wildman–Crippen LogP) is 5.20. The van der Waals surface area contributed by atoms with E-state index >= 15 is 0 Å². The zero-order valence-electron chi connectivity index (χ0n) is 18.6. The summed E-state index contributed by atoms with van der Waals surface area (Å²) >= 11 is 1.74. The molecule has 6 nitrogen and oxygen atoms in total. The number of hydrogen-bond acceptors (Lipinski definition) is 5. The van der Waals surface area contributed by atoms with Crippen molar-refractivity contribution in [2.75, 3.05) is 19.5 Å². The van der Waals surface area contributed by atoms with Gasteiger partial charge in [0.25, 0.3) is 0 Å². The molecule has 0 fully saturated rings. The molecule has 0 atom stereocenters. The Morgan fingerprint density at radius 1 is 1.12 bits per heavy atom. The van der Waals surface area contributed by atoms with Crippen LogP contribution in [0.2, 0.25) is 0 Å². The van der Waals surface area contributed by atoms with E-state index in [1.807, 2.05) is 19.1 Å². The molecular formula is C25H28N2O4S. The molecule has 0 aliphatic heterocycles. The minimum Gasteiger partial charge on any atom is -0.482 e. The summed E-state index contributed by atoms with van der Waals surface area (Å²) in [4.78, 5) is 17.4. The number of hydrogen-bond donors (Lipinski definition) is 1. The minimum absolute atomic E-state index is 0.346. The first-order chi connectivity index (χ1) is 15.5. The van der Waals surface area contributed by atoms with Crippen molar-refractivity contribution in [3.63, 3.8) is 0 Å². The van der Waals surface area contributed by atoms with Gasteiger partial charge in [-0.15, -0.1) is 11.8 Å². The third-order valence-electron chi connectivity index (χ3n) is 5.06. The summed E-state index contributed by atoms with van der Waals surface area (Å²) in [6.07, 6.45) is 4.43. The van der Waals surface area contributed by atoms with E-state index in [1.165, 1.54) is 21.8 Å². The highest BCUT2D eigenvalue weighted by atomic mass is 32.2. The number of aromatic nitrogens is 1. The van der Waals surface area contributed by atoms with E-state index in [-0.39, 0.29) is 6.61 Å². The van der Waals surface area contributed by atoms with E-state index in [9.17, 15) is 4.79 Å². The highest BCUT2D eigenvalue weighted by Crippen LogP contribution is 2.25. The summed E-state index contributed by atoms with van der Waals surface area (Å²) in [5.74, 6) is -0.418. The Bertz CT molecular complexity index is 1070. The zero-order chi connectivity index (χ0) is 22.9. The number of rotatable bonds is 11. The van der Waals surface area contributed by atoms with Gasteiger partial charge in [-0.1, -0.05) is 29.4 Å². The third-order valence-corrected chi connectivity index (χ3v) is 5.80. The largest absolute Gasteiger partial charge is 0.482 e. The molecule has 0 amide bonds. The lowest BCUT2D eigenvalue weighted by Gasteiger charge is -2.11. The lowest BCUT2D eigenvalue weighted by Crippen LogP contribution is -2.10. The maximum Gasteiger partial charge on any atom is 0.341 e.